The molecule has 0 spiro atoms. The normalized spacial score (nSPS) is 11.4. The third kappa shape index (κ3) is 11.8. The van der Waals surface area contributed by atoms with Gasteiger partial charge in [-0.05, 0) is 57.2 Å². The minimum absolute atomic E-state index is 0. The van der Waals surface area contributed by atoms with E-state index in [0.29, 0.717) is 0 Å². The van der Waals surface area contributed by atoms with Gasteiger partial charge in [0, 0.05) is 0 Å². The second kappa shape index (κ2) is 16.5. The van der Waals surface area contributed by atoms with Gasteiger partial charge < -0.3 is 4.70 Å². The Labute approximate surface area is 280 Å². The minimum atomic E-state index is -4.08. The summed E-state index contributed by atoms with van der Waals surface area (Å²) in [7, 11) is -12.1. The van der Waals surface area contributed by atoms with Crippen molar-refractivity contribution in [2.24, 2.45) is 0 Å². The van der Waals surface area contributed by atoms with E-state index in [0.717, 1.165) is 16.7 Å². The molecule has 0 aliphatic rings. The van der Waals surface area contributed by atoms with Crippen LogP contribution in [0.4, 0.5) is 4.39 Å². The van der Waals surface area contributed by atoms with Gasteiger partial charge in [-0.2, -0.15) is 25.3 Å². The molecule has 3 aromatic carbocycles. The number of rotatable bonds is 9. The molecule has 0 amide bonds. The molecular weight excluding hydrogens is 687 g/mol. The van der Waals surface area contributed by atoms with Gasteiger partial charge in [-0.15, -0.1) is 0 Å². The van der Waals surface area contributed by atoms with Gasteiger partial charge in [0.1, 0.15) is 0 Å². The van der Waals surface area contributed by atoms with Crippen molar-refractivity contribution in [3.63, 3.8) is 0 Å². The fourth-order valence-electron chi connectivity index (χ4n) is 2.52. The average molecular weight is 713 g/mol. The van der Waals surface area contributed by atoms with Crippen LogP contribution in [0.25, 0.3) is 0 Å². The summed E-state index contributed by atoms with van der Waals surface area (Å²) in [5.74, 6) is 0. The van der Waals surface area contributed by atoms with Crippen molar-refractivity contribution >= 4 is 30.4 Å². The molecule has 3 rings (SSSR count). The summed E-state index contributed by atoms with van der Waals surface area (Å²) >= 11 is 0. The van der Waals surface area contributed by atoms with E-state index in [2.05, 4.69) is 12.5 Å². The van der Waals surface area contributed by atoms with Gasteiger partial charge in [-0.3, -0.25) is 0 Å². The van der Waals surface area contributed by atoms with Crippen molar-refractivity contribution in [1.29, 1.82) is 0 Å². The Bertz CT molecular complexity index is 1390. The van der Waals surface area contributed by atoms with E-state index in [1.54, 1.807) is 36.4 Å². The first-order valence-electron chi connectivity index (χ1n) is 10.2. The fraction of sp³-hybridized carbons (Fsp3) is 0.217. The van der Waals surface area contributed by atoms with Gasteiger partial charge in [-0.25, -0.2) is 16.9 Å². The average Bonchev–Trinajstić information content (AvgIpc) is 2.80. The molecule has 0 fully saturated rings. The van der Waals surface area contributed by atoms with Crippen LogP contribution in [0, 0.1) is 20.8 Å². The molecule has 0 aromatic heterocycles. The summed E-state index contributed by atoms with van der Waals surface area (Å²) in [6, 6.07) is 17.9. The van der Waals surface area contributed by atoms with Crippen LogP contribution in [0.15, 0.2) is 87.5 Å². The van der Waals surface area contributed by atoms with E-state index < -0.39 is 44.0 Å². The number of benzene rings is 3. The van der Waals surface area contributed by atoms with Crippen molar-refractivity contribution in [2.45, 2.75) is 35.5 Å². The molecule has 0 bridgehead atoms. The zero-order chi connectivity index (χ0) is 27.0. The zero-order valence-corrected chi connectivity index (χ0v) is 29.7. The molecule has 0 radical (unpaired) electrons. The van der Waals surface area contributed by atoms with Crippen LogP contribution in [0.3, 0.4) is 0 Å². The van der Waals surface area contributed by atoms with E-state index in [4.69, 9.17) is 0 Å². The Hall–Kier alpha value is -0.698. The molecule has 0 unspecified atom stereocenters. The van der Waals surface area contributed by atoms with E-state index in [9.17, 15) is 29.6 Å². The number of halogens is 2. The summed E-state index contributed by atoms with van der Waals surface area (Å²) in [6.45, 7) is 3.19. The van der Waals surface area contributed by atoms with Crippen molar-refractivity contribution in [3.8, 4) is 0 Å². The molecule has 9 nitrogen and oxygen atoms in total. The van der Waals surface area contributed by atoms with Gasteiger partial charge in [0.05, 0.1) is 14.7 Å². The van der Waals surface area contributed by atoms with Crippen LogP contribution in [0.1, 0.15) is 16.7 Å². The van der Waals surface area contributed by atoms with Gasteiger partial charge in [-0.1, -0.05) is 53.1 Å². The molecule has 15 heteroatoms. The first-order valence-corrected chi connectivity index (χ1v) is 14.4. The maximum Gasteiger partial charge on any atom is 1.00 e. The van der Waals surface area contributed by atoms with Crippen LogP contribution in [0.2, 0.25) is 0 Å². The predicted octanol–water partition coefficient (Wildman–Crippen LogP) is -1.99. The van der Waals surface area contributed by atoms with Crippen LogP contribution in [-0.2, 0) is 42.9 Å². The van der Waals surface area contributed by atoms with Crippen molar-refractivity contribution < 1.29 is 116 Å². The first-order chi connectivity index (χ1) is 16.8. The zero-order valence-electron chi connectivity index (χ0n) is 21.0. The summed E-state index contributed by atoms with van der Waals surface area (Å²) in [5, 5.41) is 0. The third-order valence-corrected chi connectivity index (χ3v) is 8.30. The molecule has 0 N–H and O–H groups in total. The standard InChI is InChI=1S/C15H16O6S2.C8H9FO3S.Cs.FH/c1-12-3-7-14(8-4-12)22(16,17)20-11-21-23(18,19)15-9-5-13(2)6-10-15;1-7-2-4-8(5-3-7)13(10,11)12-6-9;;/h3-10H,11H2,1-2H3;2-5H,6H2,1H3;;1H/q;;+1;/p-1. The molecule has 204 valence electrons. The molecule has 0 atom stereocenters. The summed E-state index contributed by atoms with van der Waals surface area (Å²) < 4.78 is 94.6. The fourth-order valence-corrected chi connectivity index (χ4v) is 4.87. The molecular formula is C23H25CsF2O9S3. The summed E-state index contributed by atoms with van der Waals surface area (Å²) in [4.78, 5) is -0.172. The molecule has 0 heterocycles. The first kappa shape index (κ1) is 37.3. The second-order valence-electron chi connectivity index (χ2n) is 7.38. The quantitative estimate of drug-likeness (QED) is 0.183. The number of hydrogen-bond donors (Lipinski definition) is 0. The number of hydrogen-bond acceptors (Lipinski definition) is 9. The van der Waals surface area contributed by atoms with Crippen LogP contribution < -0.4 is 73.6 Å². The van der Waals surface area contributed by atoms with E-state index in [1.807, 2.05) is 20.8 Å². The Morgan fingerprint density at radius 3 is 1.00 bits per heavy atom. The van der Waals surface area contributed by atoms with Gasteiger partial charge in [0.15, 0.2) is 6.79 Å². The predicted molar refractivity (Wildman–Crippen MR) is 129 cm³/mol. The largest absolute Gasteiger partial charge is 1.00 e. The summed E-state index contributed by atoms with van der Waals surface area (Å²) in [5.41, 5.74) is 2.71. The van der Waals surface area contributed by atoms with Crippen LogP contribution in [0.5, 0.6) is 0 Å². The Morgan fingerprint density at radius 2 is 0.763 bits per heavy atom. The SMILES string of the molecule is Cc1ccc(S(=O)(=O)OCF)cc1.Cc1ccc(S(=O)(=O)OCOS(=O)(=O)c2ccc(C)cc2)cc1.[Cs+].[F-]. The smallest absolute Gasteiger partial charge is 1.00 e. The maximum absolute atomic E-state index is 11.9. The topological polar surface area (TPSA) is 130 Å². The Morgan fingerprint density at radius 1 is 0.526 bits per heavy atom. The van der Waals surface area contributed by atoms with Crippen LogP contribution in [-0.4, -0.2) is 38.9 Å². The molecule has 0 saturated heterocycles. The monoisotopic (exact) mass is 712 g/mol. The third-order valence-electron chi connectivity index (χ3n) is 4.54. The molecule has 3 aromatic rings. The number of aryl methyl sites for hydroxylation is 3. The van der Waals surface area contributed by atoms with E-state index in [-0.39, 0.29) is 88.3 Å². The maximum atomic E-state index is 11.9. The molecule has 0 saturated carbocycles. The van der Waals surface area contributed by atoms with Gasteiger partial charge >= 0.3 is 68.9 Å². The molecule has 0 aliphatic carbocycles. The van der Waals surface area contributed by atoms with Gasteiger partial charge in [0.25, 0.3) is 30.4 Å². The molecule has 0 aliphatic heterocycles. The summed E-state index contributed by atoms with van der Waals surface area (Å²) in [6.07, 6.45) is 0. The van der Waals surface area contributed by atoms with Crippen molar-refractivity contribution in [1.82, 2.24) is 0 Å². The van der Waals surface area contributed by atoms with E-state index >= 15 is 0 Å². The minimum Gasteiger partial charge on any atom is -1.00 e. The Balaban J connectivity index is 0.000000784. The van der Waals surface area contributed by atoms with Gasteiger partial charge in [0.2, 0.25) is 6.86 Å². The second-order valence-corrected chi connectivity index (χ2v) is 12.2. The molecule has 38 heavy (non-hydrogen) atoms. The van der Waals surface area contributed by atoms with Crippen LogP contribution >= 0.6 is 0 Å². The Kier molecular flexibility index (Phi) is 16.2. The number of alkyl halides is 1. The van der Waals surface area contributed by atoms with Crippen molar-refractivity contribution in [2.75, 3.05) is 13.7 Å². The van der Waals surface area contributed by atoms with E-state index in [1.165, 1.54) is 36.4 Å². The van der Waals surface area contributed by atoms with Crippen molar-refractivity contribution in [3.05, 3.63) is 89.5 Å².